The number of aromatic nitrogens is 2. The van der Waals surface area contributed by atoms with Gasteiger partial charge in [0.25, 0.3) is 0 Å². The predicted octanol–water partition coefficient (Wildman–Crippen LogP) is 2.65. The Balaban J connectivity index is 1.55. The van der Waals surface area contributed by atoms with Crippen LogP contribution in [0.3, 0.4) is 0 Å². The lowest BCUT2D eigenvalue weighted by atomic mass is 9.91. The third-order valence-electron chi connectivity index (χ3n) is 5.57. The highest BCUT2D eigenvalue weighted by Crippen LogP contribution is 2.60. The van der Waals surface area contributed by atoms with Gasteiger partial charge in [-0.25, -0.2) is 18.1 Å². The molecule has 2 aromatic rings. The summed E-state index contributed by atoms with van der Waals surface area (Å²) in [6.07, 6.45) is -1.98. The molecule has 0 spiro atoms. The predicted molar refractivity (Wildman–Crippen MR) is 106 cm³/mol. The molecule has 32 heavy (non-hydrogen) atoms. The molecule has 2 aliphatic heterocycles. The number of anilines is 1. The van der Waals surface area contributed by atoms with E-state index in [4.69, 9.17) is 24.0 Å². The standard InChI is InChI=1S/C19H22F2N3O7P/c1-10-16(29-17(19(10,2)26)24-5-3-15(22)23-18(24)25)31-32(27)28-6-4-14(30-32)11-7-12(20)9-13(21)8-11/h3,5,7-10,14,16-17,26H,4,6H2,1-2H3,(H2,22,23,25)/t10-,14-,16?,17-,19-,32-/m1/s1. The van der Waals surface area contributed by atoms with E-state index in [-0.39, 0.29) is 24.4 Å². The second-order valence-electron chi connectivity index (χ2n) is 7.88. The van der Waals surface area contributed by atoms with Crippen LogP contribution in [0.1, 0.15) is 38.2 Å². The number of hydrogen-bond acceptors (Lipinski definition) is 9. The van der Waals surface area contributed by atoms with Crippen molar-refractivity contribution in [2.45, 2.75) is 44.5 Å². The summed E-state index contributed by atoms with van der Waals surface area (Å²) in [5.74, 6) is -2.40. The largest absolute Gasteiger partial charge is 0.477 e. The van der Waals surface area contributed by atoms with E-state index in [0.717, 1.165) is 16.7 Å². The van der Waals surface area contributed by atoms with Crippen molar-refractivity contribution in [3.05, 3.63) is 58.1 Å². The Morgan fingerprint density at radius 1 is 1.34 bits per heavy atom. The molecule has 13 heteroatoms. The highest BCUT2D eigenvalue weighted by Gasteiger charge is 2.55. The van der Waals surface area contributed by atoms with E-state index in [2.05, 4.69) is 4.98 Å². The Labute approximate surface area is 181 Å². The molecule has 1 unspecified atom stereocenters. The minimum atomic E-state index is -4.25. The number of hydrogen-bond donors (Lipinski definition) is 2. The zero-order chi connectivity index (χ0) is 23.3. The number of rotatable bonds is 4. The second-order valence-corrected chi connectivity index (χ2v) is 9.46. The number of phosphoric ester groups is 1. The van der Waals surface area contributed by atoms with Crippen LogP contribution in [0.5, 0.6) is 0 Å². The van der Waals surface area contributed by atoms with E-state index in [1.807, 2.05) is 0 Å². The summed E-state index contributed by atoms with van der Waals surface area (Å²) in [5, 5.41) is 11.0. The van der Waals surface area contributed by atoms with Crippen molar-refractivity contribution in [2.75, 3.05) is 12.3 Å². The summed E-state index contributed by atoms with van der Waals surface area (Å²) in [4.78, 5) is 15.8. The van der Waals surface area contributed by atoms with Gasteiger partial charge in [-0.3, -0.25) is 18.1 Å². The molecule has 1 aromatic carbocycles. The van der Waals surface area contributed by atoms with Crippen LogP contribution in [0, 0.1) is 17.6 Å². The van der Waals surface area contributed by atoms with Crippen LogP contribution in [0.4, 0.5) is 14.6 Å². The second kappa shape index (κ2) is 8.29. The Morgan fingerprint density at radius 3 is 2.69 bits per heavy atom. The van der Waals surface area contributed by atoms with Gasteiger partial charge in [-0.15, -0.1) is 0 Å². The SMILES string of the molecule is C[C@@H]1C(O[P@]2(=O)OCC[C@H](c3cc(F)cc(F)c3)O2)O[C@@H](n2ccc(N)nc2=O)[C@]1(C)O. The van der Waals surface area contributed by atoms with Crippen molar-refractivity contribution in [1.82, 2.24) is 9.55 Å². The summed E-state index contributed by atoms with van der Waals surface area (Å²) in [6.45, 7) is 2.92. The maximum atomic E-state index is 13.6. The van der Waals surface area contributed by atoms with Crippen molar-refractivity contribution >= 4 is 13.6 Å². The normalized spacial score (nSPS) is 35.2. The van der Waals surface area contributed by atoms with E-state index < -0.39 is 55.3 Å². The molecule has 0 bridgehead atoms. The van der Waals surface area contributed by atoms with Gasteiger partial charge in [0, 0.05) is 24.6 Å². The molecule has 0 radical (unpaired) electrons. The molecule has 3 heterocycles. The van der Waals surface area contributed by atoms with Gasteiger partial charge in [0.2, 0.25) is 0 Å². The van der Waals surface area contributed by atoms with Crippen molar-refractivity contribution in [3.63, 3.8) is 0 Å². The minimum absolute atomic E-state index is 0.00184. The van der Waals surface area contributed by atoms with Gasteiger partial charge in [-0.2, -0.15) is 4.98 Å². The van der Waals surface area contributed by atoms with Crippen LogP contribution in [-0.4, -0.2) is 33.2 Å². The first kappa shape index (κ1) is 23.0. The quantitative estimate of drug-likeness (QED) is 0.643. The maximum Gasteiger partial charge on any atom is 0.477 e. The van der Waals surface area contributed by atoms with Gasteiger partial charge in [0.1, 0.15) is 23.1 Å². The number of halogens is 2. The molecule has 6 atom stereocenters. The number of ether oxygens (including phenoxy) is 1. The molecule has 0 aliphatic carbocycles. The number of benzene rings is 1. The van der Waals surface area contributed by atoms with Crippen LogP contribution in [-0.2, 0) is 22.9 Å². The Bertz CT molecular complexity index is 1110. The van der Waals surface area contributed by atoms with Crippen molar-refractivity contribution in [1.29, 1.82) is 0 Å². The van der Waals surface area contributed by atoms with E-state index in [9.17, 15) is 23.2 Å². The lowest BCUT2D eigenvalue weighted by Gasteiger charge is -2.31. The molecule has 2 fully saturated rings. The molecule has 0 saturated carbocycles. The smallest absolute Gasteiger partial charge is 0.385 e. The summed E-state index contributed by atoms with van der Waals surface area (Å²) in [5.41, 5.74) is 3.25. The zero-order valence-electron chi connectivity index (χ0n) is 17.2. The molecule has 2 saturated heterocycles. The van der Waals surface area contributed by atoms with Crippen LogP contribution in [0.25, 0.3) is 0 Å². The molecule has 174 valence electrons. The first-order valence-electron chi connectivity index (χ1n) is 9.78. The summed E-state index contributed by atoms with van der Waals surface area (Å²) < 4.78 is 63.2. The van der Waals surface area contributed by atoms with Gasteiger partial charge < -0.3 is 15.6 Å². The number of nitrogen functional groups attached to an aromatic ring is 1. The summed E-state index contributed by atoms with van der Waals surface area (Å²) >= 11 is 0. The Kier molecular flexibility index (Phi) is 5.95. The van der Waals surface area contributed by atoms with Gasteiger partial charge in [-0.05, 0) is 30.7 Å². The number of nitrogens with zero attached hydrogens (tertiary/aromatic N) is 2. The van der Waals surface area contributed by atoms with Crippen LogP contribution in [0.2, 0.25) is 0 Å². The van der Waals surface area contributed by atoms with E-state index in [1.54, 1.807) is 6.92 Å². The van der Waals surface area contributed by atoms with Gasteiger partial charge in [0.15, 0.2) is 12.5 Å². The average molecular weight is 473 g/mol. The Hall–Kier alpha value is -2.21. The minimum Gasteiger partial charge on any atom is -0.385 e. The van der Waals surface area contributed by atoms with Crippen LogP contribution in [0.15, 0.2) is 35.3 Å². The topological polar surface area (TPSA) is 135 Å². The maximum absolute atomic E-state index is 13.6. The van der Waals surface area contributed by atoms with E-state index in [0.29, 0.717) is 6.07 Å². The van der Waals surface area contributed by atoms with Crippen molar-refractivity contribution in [2.24, 2.45) is 5.92 Å². The molecule has 2 aliphatic rings. The van der Waals surface area contributed by atoms with E-state index >= 15 is 0 Å². The fourth-order valence-electron chi connectivity index (χ4n) is 3.63. The monoisotopic (exact) mass is 473 g/mol. The fourth-order valence-corrected chi connectivity index (χ4v) is 5.16. The lowest BCUT2D eigenvalue weighted by molar-refractivity contribution is -0.140. The number of nitrogens with two attached hydrogens (primary N) is 1. The average Bonchev–Trinajstić information content (AvgIpc) is 2.90. The molecular weight excluding hydrogens is 451 g/mol. The number of phosphoric acid groups is 1. The summed E-state index contributed by atoms with van der Waals surface area (Å²) in [6, 6.07) is 4.21. The molecular formula is C19H22F2N3O7P. The van der Waals surface area contributed by atoms with Gasteiger partial charge in [0.05, 0.1) is 12.7 Å². The third-order valence-corrected chi connectivity index (χ3v) is 7.05. The molecule has 4 rings (SSSR count). The third kappa shape index (κ3) is 4.34. The first-order valence-corrected chi connectivity index (χ1v) is 11.2. The van der Waals surface area contributed by atoms with Crippen LogP contribution < -0.4 is 11.4 Å². The first-order chi connectivity index (χ1) is 15.0. The summed E-state index contributed by atoms with van der Waals surface area (Å²) in [7, 11) is -4.25. The van der Waals surface area contributed by atoms with Gasteiger partial charge in [-0.1, -0.05) is 6.92 Å². The van der Waals surface area contributed by atoms with Crippen LogP contribution >= 0.6 is 7.82 Å². The van der Waals surface area contributed by atoms with Gasteiger partial charge >= 0.3 is 13.5 Å². The highest BCUT2D eigenvalue weighted by atomic mass is 31.2. The fraction of sp³-hybridized carbons (Fsp3) is 0.474. The van der Waals surface area contributed by atoms with E-state index in [1.165, 1.54) is 19.2 Å². The molecule has 1 aromatic heterocycles. The van der Waals surface area contributed by atoms with Crippen molar-refractivity contribution < 1.29 is 36.8 Å². The Morgan fingerprint density at radius 2 is 2.03 bits per heavy atom. The lowest BCUT2D eigenvalue weighted by Crippen LogP contribution is -2.42. The molecule has 10 nitrogen and oxygen atoms in total. The number of aliphatic hydroxyl groups is 1. The zero-order valence-corrected chi connectivity index (χ0v) is 18.1. The van der Waals surface area contributed by atoms with Crippen molar-refractivity contribution in [3.8, 4) is 0 Å². The highest BCUT2D eigenvalue weighted by molar-refractivity contribution is 7.48. The molecule has 0 amide bonds. The molecule has 3 N–H and O–H groups in total.